The number of halogens is 3. The third kappa shape index (κ3) is 5.20. The largest absolute Gasteiger partial charge is 0.497 e. The average molecular weight is 534 g/mol. The number of nitrogens with zero attached hydrogens (tertiary/aromatic N) is 4. The topological polar surface area (TPSA) is 43.2 Å². The maximum absolute atomic E-state index is 6.02. The molecule has 1 aliphatic heterocycles. The van der Waals surface area contributed by atoms with Gasteiger partial charge in [-0.05, 0) is 49.4 Å². The average Bonchev–Trinajstić information content (AvgIpc) is 3.22. The fourth-order valence-corrected chi connectivity index (χ4v) is 5.96. The second kappa shape index (κ2) is 9.93. The molecule has 2 fully saturated rings. The van der Waals surface area contributed by atoms with Gasteiger partial charge in [-0.3, -0.25) is 0 Å². The number of piperidine rings is 1. The molecule has 2 atom stereocenters. The van der Waals surface area contributed by atoms with Crippen LogP contribution in [0.5, 0.6) is 5.75 Å². The van der Waals surface area contributed by atoms with E-state index in [2.05, 4.69) is 31.8 Å². The zero-order chi connectivity index (χ0) is 24.6. The van der Waals surface area contributed by atoms with Crippen molar-refractivity contribution in [1.82, 2.24) is 19.7 Å². The predicted octanol–water partition coefficient (Wildman–Crippen LogP) is 6.30. The van der Waals surface area contributed by atoms with E-state index in [4.69, 9.17) is 39.5 Å². The Bertz CT molecular complexity index is 1170. The summed E-state index contributed by atoms with van der Waals surface area (Å²) < 4.78 is 6.08. The van der Waals surface area contributed by atoms with Crippen LogP contribution in [0.2, 0.25) is 0 Å². The third-order valence-corrected chi connectivity index (χ3v) is 8.33. The summed E-state index contributed by atoms with van der Waals surface area (Å²) in [7, 11) is 3.72. The van der Waals surface area contributed by atoms with Crippen molar-refractivity contribution in [3.8, 4) is 17.1 Å². The van der Waals surface area contributed by atoms with E-state index < -0.39 is 3.79 Å². The van der Waals surface area contributed by atoms with Crippen LogP contribution in [0.25, 0.3) is 11.4 Å². The van der Waals surface area contributed by atoms with E-state index in [1.165, 1.54) is 31.4 Å². The van der Waals surface area contributed by atoms with Gasteiger partial charge in [-0.15, -0.1) is 10.2 Å². The molecule has 0 N–H and O–H groups in total. The second-order valence-corrected chi connectivity index (χ2v) is 12.2. The molecule has 1 aliphatic carbocycles. The van der Waals surface area contributed by atoms with Gasteiger partial charge >= 0.3 is 0 Å². The van der Waals surface area contributed by atoms with E-state index in [-0.39, 0.29) is 0 Å². The van der Waals surface area contributed by atoms with Gasteiger partial charge in [-0.25, -0.2) is 0 Å². The number of fused-ring (bicyclic) bond motifs is 1. The number of hydrogen-bond acceptors (Lipinski definition) is 4. The summed E-state index contributed by atoms with van der Waals surface area (Å²) in [5.74, 6) is 3.49. The molecule has 0 unspecified atom stereocenters. The van der Waals surface area contributed by atoms with Gasteiger partial charge in [-0.1, -0.05) is 77.6 Å². The minimum absolute atomic E-state index is 0.307. The standard InChI is InChI=1S/C27H31Cl3N4O/c1-33-24(31-32-25(33)19-7-6-8-23(15-19)35-2)9-4-3-5-14-34-17-22-16-26(22,18-34)20-10-12-21(13-11-20)27(28,29)30/h6-8,10-13,15,22H,3-5,9,14,16-18H2,1-2H3/t22-,26+/m0/s1. The zero-order valence-electron chi connectivity index (χ0n) is 20.2. The highest BCUT2D eigenvalue weighted by atomic mass is 35.6. The van der Waals surface area contributed by atoms with Crippen LogP contribution >= 0.6 is 34.8 Å². The summed E-state index contributed by atoms with van der Waals surface area (Å²) in [5.41, 5.74) is 3.45. The van der Waals surface area contributed by atoms with Crippen LogP contribution in [0.15, 0.2) is 48.5 Å². The lowest BCUT2D eigenvalue weighted by atomic mass is 9.94. The van der Waals surface area contributed by atoms with Crippen molar-refractivity contribution in [2.24, 2.45) is 13.0 Å². The molecule has 0 spiro atoms. The summed E-state index contributed by atoms with van der Waals surface area (Å²) in [6.07, 6.45) is 5.72. The molecule has 1 saturated carbocycles. The number of methoxy groups -OCH3 is 1. The number of aromatic nitrogens is 3. The Balaban J connectivity index is 1.08. The molecule has 3 aromatic rings. The molecule has 2 aromatic carbocycles. The maximum atomic E-state index is 6.02. The molecule has 186 valence electrons. The molecule has 0 radical (unpaired) electrons. The number of alkyl halides is 3. The van der Waals surface area contributed by atoms with Crippen molar-refractivity contribution in [3.63, 3.8) is 0 Å². The zero-order valence-corrected chi connectivity index (χ0v) is 22.5. The summed E-state index contributed by atoms with van der Waals surface area (Å²) >= 11 is 18.1. The molecule has 2 aliphatic rings. The summed E-state index contributed by atoms with van der Waals surface area (Å²) in [6.45, 7) is 3.48. The molecular formula is C27H31Cl3N4O. The first-order valence-electron chi connectivity index (χ1n) is 12.2. The van der Waals surface area contributed by atoms with Crippen molar-refractivity contribution in [1.29, 1.82) is 0 Å². The Labute approximate surface area is 222 Å². The minimum atomic E-state index is -1.36. The van der Waals surface area contributed by atoms with Crippen molar-refractivity contribution in [3.05, 3.63) is 65.5 Å². The van der Waals surface area contributed by atoms with Gasteiger partial charge in [-0.2, -0.15) is 0 Å². The first-order valence-corrected chi connectivity index (χ1v) is 13.4. The van der Waals surface area contributed by atoms with E-state index >= 15 is 0 Å². The van der Waals surface area contributed by atoms with E-state index in [0.717, 1.165) is 60.4 Å². The molecule has 5 rings (SSSR count). The Hall–Kier alpha value is -1.79. The first-order chi connectivity index (χ1) is 16.8. The lowest BCUT2D eigenvalue weighted by Crippen LogP contribution is -2.27. The van der Waals surface area contributed by atoms with E-state index in [0.29, 0.717) is 5.41 Å². The molecule has 0 amide bonds. The molecule has 5 nitrogen and oxygen atoms in total. The molecular weight excluding hydrogens is 503 g/mol. The maximum Gasteiger partial charge on any atom is 0.216 e. The number of ether oxygens (including phenoxy) is 1. The number of rotatable bonds is 9. The van der Waals surface area contributed by atoms with Gasteiger partial charge in [0.25, 0.3) is 0 Å². The monoisotopic (exact) mass is 532 g/mol. The molecule has 0 bridgehead atoms. The molecule has 8 heteroatoms. The van der Waals surface area contributed by atoms with Crippen LogP contribution in [0.3, 0.4) is 0 Å². The number of aryl methyl sites for hydroxylation is 1. The Morgan fingerprint density at radius 2 is 1.86 bits per heavy atom. The van der Waals surface area contributed by atoms with E-state index in [1.807, 2.05) is 43.4 Å². The van der Waals surface area contributed by atoms with Gasteiger partial charge in [0, 0.05) is 43.1 Å². The van der Waals surface area contributed by atoms with Crippen molar-refractivity contribution in [2.75, 3.05) is 26.7 Å². The number of likely N-dealkylation sites (tertiary alicyclic amines) is 1. The van der Waals surface area contributed by atoms with Gasteiger partial charge in [0.2, 0.25) is 3.79 Å². The van der Waals surface area contributed by atoms with Crippen LogP contribution in [0, 0.1) is 5.92 Å². The van der Waals surface area contributed by atoms with Gasteiger partial charge in [0.05, 0.1) is 7.11 Å². The highest BCUT2D eigenvalue weighted by Crippen LogP contribution is 2.59. The highest BCUT2D eigenvalue weighted by Gasteiger charge is 2.60. The number of unbranched alkanes of at least 4 members (excludes halogenated alkanes) is 2. The first kappa shape index (κ1) is 24.9. The van der Waals surface area contributed by atoms with E-state index in [9.17, 15) is 0 Å². The van der Waals surface area contributed by atoms with Crippen molar-refractivity contribution >= 4 is 34.8 Å². The van der Waals surface area contributed by atoms with Crippen molar-refractivity contribution in [2.45, 2.75) is 41.3 Å². The Kier molecular flexibility index (Phi) is 7.06. The Morgan fingerprint density at radius 3 is 2.60 bits per heavy atom. The minimum Gasteiger partial charge on any atom is -0.497 e. The quantitative estimate of drug-likeness (QED) is 0.239. The van der Waals surface area contributed by atoms with Crippen LogP contribution < -0.4 is 4.74 Å². The van der Waals surface area contributed by atoms with Gasteiger partial charge < -0.3 is 14.2 Å². The summed E-state index contributed by atoms with van der Waals surface area (Å²) in [5, 5.41) is 8.86. The van der Waals surface area contributed by atoms with Crippen LogP contribution in [0.4, 0.5) is 0 Å². The fourth-order valence-electron chi connectivity index (χ4n) is 5.58. The number of benzene rings is 2. The van der Waals surface area contributed by atoms with Crippen LogP contribution in [-0.4, -0.2) is 46.4 Å². The normalized spacial score (nSPS) is 21.8. The smallest absolute Gasteiger partial charge is 0.216 e. The van der Waals surface area contributed by atoms with Gasteiger partial charge in [0.15, 0.2) is 5.82 Å². The van der Waals surface area contributed by atoms with Crippen LogP contribution in [0.1, 0.15) is 42.6 Å². The second-order valence-electron chi connectivity index (χ2n) is 9.91. The lowest BCUT2D eigenvalue weighted by Gasteiger charge is -2.21. The van der Waals surface area contributed by atoms with Crippen molar-refractivity contribution < 1.29 is 4.74 Å². The summed E-state index contributed by atoms with van der Waals surface area (Å²) in [4.78, 5) is 2.63. The molecule has 2 heterocycles. The molecule has 1 aromatic heterocycles. The van der Waals surface area contributed by atoms with Gasteiger partial charge in [0.1, 0.15) is 11.6 Å². The lowest BCUT2D eigenvalue weighted by molar-refractivity contribution is 0.290. The Morgan fingerprint density at radius 1 is 1.06 bits per heavy atom. The predicted molar refractivity (Wildman–Crippen MR) is 142 cm³/mol. The van der Waals surface area contributed by atoms with Crippen LogP contribution in [-0.2, 0) is 22.7 Å². The number of hydrogen-bond donors (Lipinski definition) is 0. The van der Waals surface area contributed by atoms with E-state index in [1.54, 1.807) is 7.11 Å². The fraction of sp³-hybridized carbons (Fsp3) is 0.481. The summed E-state index contributed by atoms with van der Waals surface area (Å²) in [6, 6.07) is 16.2. The highest BCUT2D eigenvalue weighted by molar-refractivity contribution is 6.66. The third-order valence-electron chi connectivity index (χ3n) is 7.67. The molecule has 1 saturated heterocycles. The SMILES string of the molecule is COc1cccc(-c2nnc(CCCCCN3C[C@@H]4C[C@]4(c4ccc(C(Cl)(Cl)Cl)cc4)C3)n2C)c1. The molecule has 35 heavy (non-hydrogen) atoms.